The van der Waals surface area contributed by atoms with Gasteiger partial charge in [-0.25, -0.2) is 14.4 Å². The number of hydrogen-bond acceptors (Lipinski definition) is 6. The topological polar surface area (TPSA) is 59.5 Å². The second-order valence-electron chi connectivity index (χ2n) is 7.26. The lowest BCUT2D eigenvalue weighted by atomic mass is 10.0. The van der Waals surface area contributed by atoms with Crippen LogP contribution in [0.5, 0.6) is 5.75 Å². The molecule has 2 heterocycles. The number of aromatic nitrogens is 2. The van der Waals surface area contributed by atoms with Gasteiger partial charge in [-0.15, -0.1) is 0 Å². The minimum atomic E-state index is -0.260. The molecule has 2 aromatic carbocycles. The van der Waals surface area contributed by atoms with Crippen molar-refractivity contribution in [2.75, 3.05) is 45.3 Å². The Kier molecular flexibility index (Phi) is 5.87. The third kappa shape index (κ3) is 4.46. The summed E-state index contributed by atoms with van der Waals surface area (Å²) in [7, 11) is 1.62. The molecule has 0 amide bonds. The van der Waals surface area contributed by atoms with E-state index in [1.165, 1.54) is 12.1 Å². The molecule has 1 N–H and O–H groups in total. The normalized spacial score (nSPS) is 16.0. The maximum Gasteiger partial charge on any atom is 0.145 e. The van der Waals surface area contributed by atoms with Crippen LogP contribution in [0.3, 0.4) is 0 Å². The Hall–Kier alpha value is -2.77. The fourth-order valence-corrected chi connectivity index (χ4v) is 3.67. The summed E-state index contributed by atoms with van der Waals surface area (Å²) in [5.41, 5.74) is 2.57. The number of fused-ring (bicyclic) bond motifs is 1. The summed E-state index contributed by atoms with van der Waals surface area (Å²) in [6.07, 6.45) is 1.55. The van der Waals surface area contributed by atoms with Gasteiger partial charge in [-0.2, -0.15) is 0 Å². The largest absolute Gasteiger partial charge is 0.494 e. The number of hydrogen-bond donors (Lipinski definition) is 1. The molecule has 0 aliphatic carbocycles. The molecule has 0 saturated carbocycles. The highest BCUT2D eigenvalue weighted by atomic mass is 19.1. The summed E-state index contributed by atoms with van der Waals surface area (Å²) < 4.78 is 24.3. The highest BCUT2D eigenvalue weighted by Gasteiger charge is 2.16. The predicted octanol–water partition coefficient (Wildman–Crippen LogP) is 3.58. The smallest absolute Gasteiger partial charge is 0.145 e. The van der Waals surface area contributed by atoms with Crippen LogP contribution >= 0.6 is 0 Å². The quantitative estimate of drug-likeness (QED) is 0.687. The van der Waals surface area contributed by atoms with Gasteiger partial charge in [0, 0.05) is 31.1 Å². The molecule has 1 saturated heterocycles. The summed E-state index contributed by atoms with van der Waals surface area (Å²) >= 11 is 0. The van der Waals surface area contributed by atoms with Crippen LogP contribution in [-0.2, 0) is 4.74 Å². The zero-order valence-corrected chi connectivity index (χ0v) is 16.7. The maximum absolute atomic E-state index is 13.3. The van der Waals surface area contributed by atoms with Gasteiger partial charge in [0.05, 0.1) is 20.3 Å². The summed E-state index contributed by atoms with van der Waals surface area (Å²) in [6.45, 7) is 6.50. The van der Waals surface area contributed by atoms with Gasteiger partial charge in [-0.3, -0.25) is 4.90 Å². The third-order valence-electron chi connectivity index (χ3n) is 5.12. The molecule has 6 nitrogen and oxygen atoms in total. The molecule has 0 spiro atoms. The molecule has 1 unspecified atom stereocenters. The van der Waals surface area contributed by atoms with Crippen LogP contribution in [-0.4, -0.2) is 60.9 Å². The van der Waals surface area contributed by atoms with Gasteiger partial charge < -0.3 is 14.8 Å². The van der Waals surface area contributed by atoms with E-state index in [0.717, 1.165) is 60.7 Å². The molecule has 7 heteroatoms. The van der Waals surface area contributed by atoms with Crippen molar-refractivity contribution in [1.29, 1.82) is 0 Å². The zero-order valence-electron chi connectivity index (χ0n) is 16.7. The van der Waals surface area contributed by atoms with Crippen LogP contribution in [0, 0.1) is 5.82 Å². The maximum atomic E-state index is 13.3. The summed E-state index contributed by atoms with van der Waals surface area (Å²) in [5.74, 6) is 1.16. The first kappa shape index (κ1) is 19.5. The van der Waals surface area contributed by atoms with E-state index in [9.17, 15) is 4.39 Å². The Morgan fingerprint density at radius 3 is 2.62 bits per heavy atom. The predicted molar refractivity (Wildman–Crippen MR) is 112 cm³/mol. The van der Waals surface area contributed by atoms with Crippen LogP contribution in [0.25, 0.3) is 22.0 Å². The van der Waals surface area contributed by atoms with Crippen molar-refractivity contribution in [2.24, 2.45) is 0 Å². The van der Waals surface area contributed by atoms with E-state index in [1.54, 1.807) is 25.6 Å². The SMILES string of the molecule is COc1cc(-c2ccc(F)cc2)cc2c(NC(C)CN3CCOCC3)ncnc12. The van der Waals surface area contributed by atoms with Gasteiger partial charge in [0.25, 0.3) is 0 Å². The fourth-order valence-electron chi connectivity index (χ4n) is 3.67. The number of methoxy groups -OCH3 is 1. The second-order valence-corrected chi connectivity index (χ2v) is 7.26. The molecular formula is C22H25FN4O2. The average Bonchev–Trinajstić information content (AvgIpc) is 2.74. The molecule has 3 aromatic rings. The van der Waals surface area contributed by atoms with E-state index in [0.29, 0.717) is 5.75 Å². The zero-order chi connectivity index (χ0) is 20.2. The van der Waals surface area contributed by atoms with Crippen molar-refractivity contribution in [3.05, 3.63) is 48.5 Å². The monoisotopic (exact) mass is 396 g/mol. The fraction of sp³-hybridized carbons (Fsp3) is 0.364. The molecule has 0 bridgehead atoms. The van der Waals surface area contributed by atoms with Crippen LogP contribution < -0.4 is 10.1 Å². The van der Waals surface area contributed by atoms with Gasteiger partial charge >= 0.3 is 0 Å². The Morgan fingerprint density at radius 1 is 1.14 bits per heavy atom. The molecule has 29 heavy (non-hydrogen) atoms. The van der Waals surface area contributed by atoms with Crippen molar-refractivity contribution < 1.29 is 13.9 Å². The van der Waals surface area contributed by atoms with Gasteiger partial charge in [-0.05, 0) is 42.3 Å². The Bertz CT molecular complexity index is 974. The first-order valence-corrected chi connectivity index (χ1v) is 9.79. The molecule has 1 aromatic heterocycles. The number of anilines is 1. The molecule has 1 aliphatic rings. The van der Waals surface area contributed by atoms with Crippen molar-refractivity contribution >= 4 is 16.7 Å². The second kappa shape index (κ2) is 8.71. The van der Waals surface area contributed by atoms with Crippen LogP contribution in [0.4, 0.5) is 10.2 Å². The van der Waals surface area contributed by atoms with Gasteiger partial charge in [0.2, 0.25) is 0 Å². The van der Waals surface area contributed by atoms with Crippen LogP contribution in [0.1, 0.15) is 6.92 Å². The lowest BCUT2D eigenvalue weighted by Gasteiger charge is -2.29. The lowest BCUT2D eigenvalue weighted by molar-refractivity contribution is 0.0368. The van der Waals surface area contributed by atoms with E-state index < -0.39 is 0 Å². The molecular weight excluding hydrogens is 371 g/mol. The lowest BCUT2D eigenvalue weighted by Crippen LogP contribution is -2.42. The number of rotatable bonds is 6. The number of ether oxygens (including phenoxy) is 2. The van der Waals surface area contributed by atoms with Crippen molar-refractivity contribution in [3.63, 3.8) is 0 Å². The standard InChI is InChI=1S/C22H25FN4O2/c1-15(13-27-7-9-29-10-8-27)26-22-19-11-17(16-3-5-18(23)6-4-16)12-20(28-2)21(19)24-14-25-22/h3-6,11-12,14-15H,7-10,13H2,1-2H3,(H,24,25,26). The van der Waals surface area contributed by atoms with Crippen molar-refractivity contribution in [3.8, 4) is 16.9 Å². The van der Waals surface area contributed by atoms with E-state index >= 15 is 0 Å². The summed E-state index contributed by atoms with van der Waals surface area (Å²) in [4.78, 5) is 11.3. The van der Waals surface area contributed by atoms with E-state index in [-0.39, 0.29) is 11.9 Å². The number of nitrogens with one attached hydrogen (secondary N) is 1. The Labute approximate surface area is 169 Å². The van der Waals surface area contributed by atoms with E-state index in [1.807, 2.05) is 12.1 Å². The Morgan fingerprint density at radius 2 is 1.90 bits per heavy atom. The highest BCUT2D eigenvalue weighted by molar-refractivity contribution is 5.96. The van der Waals surface area contributed by atoms with E-state index in [4.69, 9.17) is 9.47 Å². The van der Waals surface area contributed by atoms with Gasteiger partial charge in [0.15, 0.2) is 0 Å². The number of benzene rings is 2. The average molecular weight is 396 g/mol. The minimum absolute atomic E-state index is 0.201. The Balaban J connectivity index is 1.66. The molecule has 1 aliphatic heterocycles. The summed E-state index contributed by atoms with van der Waals surface area (Å²) in [6, 6.07) is 10.6. The van der Waals surface area contributed by atoms with Gasteiger partial charge in [-0.1, -0.05) is 12.1 Å². The molecule has 0 radical (unpaired) electrons. The highest BCUT2D eigenvalue weighted by Crippen LogP contribution is 2.34. The molecule has 1 atom stereocenters. The van der Waals surface area contributed by atoms with Gasteiger partial charge in [0.1, 0.15) is 29.2 Å². The molecule has 1 fully saturated rings. The first-order chi connectivity index (χ1) is 14.1. The van der Waals surface area contributed by atoms with Crippen molar-refractivity contribution in [2.45, 2.75) is 13.0 Å². The first-order valence-electron chi connectivity index (χ1n) is 9.79. The van der Waals surface area contributed by atoms with Crippen molar-refractivity contribution in [1.82, 2.24) is 14.9 Å². The van der Waals surface area contributed by atoms with E-state index in [2.05, 4.69) is 27.1 Å². The molecule has 152 valence electrons. The third-order valence-corrected chi connectivity index (χ3v) is 5.12. The van der Waals surface area contributed by atoms with Crippen LogP contribution in [0.2, 0.25) is 0 Å². The number of halogens is 1. The molecule has 4 rings (SSSR count). The minimum Gasteiger partial charge on any atom is -0.494 e. The number of nitrogens with zero attached hydrogens (tertiary/aromatic N) is 3. The summed E-state index contributed by atoms with van der Waals surface area (Å²) in [5, 5.41) is 4.40. The van der Waals surface area contributed by atoms with Crippen LogP contribution in [0.15, 0.2) is 42.7 Å². The number of morpholine rings is 1.